The van der Waals surface area contributed by atoms with Crippen LogP contribution >= 0.6 is 34.8 Å². The average Bonchev–Trinajstić information content (AvgIpc) is 2.37. The maximum Gasteiger partial charge on any atom is 0.326 e. The van der Waals surface area contributed by atoms with Crippen molar-refractivity contribution in [2.75, 3.05) is 10.6 Å². The third kappa shape index (κ3) is 4.70. The Bertz CT molecular complexity index is 645. The van der Waals surface area contributed by atoms with E-state index in [1.54, 1.807) is 31.2 Å². The predicted molar refractivity (Wildman–Crippen MR) is 82.9 cm³/mol. The van der Waals surface area contributed by atoms with Crippen LogP contribution in [0.1, 0.15) is 11.6 Å². The van der Waals surface area contributed by atoms with Crippen LogP contribution in [-0.4, -0.2) is 21.0 Å². The van der Waals surface area contributed by atoms with Crippen molar-refractivity contribution in [1.29, 1.82) is 0 Å². The molecule has 1 aromatic heterocycles. The molecule has 0 fully saturated rings. The summed E-state index contributed by atoms with van der Waals surface area (Å²) in [5, 5.41) is 5.07. The molecular formula is C12H10Cl3N5O. The highest BCUT2D eigenvalue weighted by Gasteiger charge is 2.28. The van der Waals surface area contributed by atoms with Crippen molar-refractivity contribution in [2.24, 2.45) is 0 Å². The zero-order valence-electron chi connectivity index (χ0n) is 10.8. The topological polar surface area (TPSA) is 79.8 Å². The van der Waals surface area contributed by atoms with Crippen LogP contribution in [0.2, 0.25) is 0 Å². The van der Waals surface area contributed by atoms with Gasteiger partial charge in [-0.25, -0.2) is 9.78 Å². The third-order valence-electron chi connectivity index (χ3n) is 2.26. The van der Waals surface area contributed by atoms with Crippen molar-refractivity contribution in [3.63, 3.8) is 0 Å². The second-order valence-corrected chi connectivity index (χ2v) is 6.25. The van der Waals surface area contributed by atoms with Gasteiger partial charge in [0.1, 0.15) is 5.82 Å². The number of hydrogen-bond donors (Lipinski definition) is 2. The highest BCUT2D eigenvalue weighted by Crippen LogP contribution is 2.35. The molecular weight excluding hydrogens is 337 g/mol. The highest BCUT2D eigenvalue weighted by molar-refractivity contribution is 6.66. The molecule has 2 N–H and O–H groups in total. The van der Waals surface area contributed by atoms with Crippen molar-refractivity contribution in [3.05, 3.63) is 42.0 Å². The fourth-order valence-corrected chi connectivity index (χ4v) is 1.70. The van der Waals surface area contributed by atoms with Gasteiger partial charge >= 0.3 is 6.03 Å². The number of rotatable bonds is 2. The maximum absolute atomic E-state index is 11.8. The fraction of sp³-hybridized carbons (Fsp3) is 0.167. The number of aromatic nitrogens is 3. The molecule has 2 amide bonds. The van der Waals surface area contributed by atoms with E-state index in [1.807, 2.05) is 6.07 Å². The van der Waals surface area contributed by atoms with Gasteiger partial charge in [-0.1, -0.05) is 53.0 Å². The van der Waals surface area contributed by atoms with Gasteiger partial charge in [0, 0.05) is 5.69 Å². The standard InChI is InChI=1S/C12H10Cl3N5O/c1-7-16-9(12(13,14)15)19-10(17-7)20-11(21)18-8-5-3-2-4-6-8/h2-6H,1H3,(H2,16,17,18,19,20,21). The van der Waals surface area contributed by atoms with Crippen LogP contribution < -0.4 is 10.6 Å². The van der Waals surface area contributed by atoms with Gasteiger partial charge in [-0.15, -0.1) is 0 Å². The molecule has 1 heterocycles. The molecule has 2 rings (SSSR count). The number of amides is 2. The first kappa shape index (κ1) is 15.8. The number of carbonyl (C=O) groups excluding carboxylic acids is 1. The van der Waals surface area contributed by atoms with Crippen LogP contribution in [-0.2, 0) is 3.79 Å². The van der Waals surface area contributed by atoms with E-state index in [0.717, 1.165) is 0 Å². The van der Waals surface area contributed by atoms with Crippen LogP contribution in [0.25, 0.3) is 0 Å². The number of benzene rings is 1. The van der Waals surface area contributed by atoms with Crippen LogP contribution in [0.5, 0.6) is 0 Å². The maximum atomic E-state index is 11.8. The minimum absolute atomic E-state index is 0.00254. The summed E-state index contributed by atoms with van der Waals surface area (Å²) in [5.41, 5.74) is 0.627. The summed E-state index contributed by atoms with van der Waals surface area (Å²) in [7, 11) is 0. The van der Waals surface area contributed by atoms with Crippen molar-refractivity contribution in [1.82, 2.24) is 15.0 Å². The van der Waals surface area contributed by atoms with Gasteiger partial charge in [0.15, 0.2) is 5.82 Å². The molecule has 0 aliphatic carbocycles. The summed E-state index contributed by atoms with van der Waals surface area (Å²) in [6, 6.07) is 8.40. The first-order valence-electron chi connectivity index (χ1n) is 5.77. The van der Waals surface area contributed by atoms with E-state index in [2.05, 4.69) is 25.6 Å². The molecule has 0 saturated heterocycles. The molecule has 0 saturated carbocycles. The minimum atomic E-state index is -1.79. The Morgan fingerprint density at radius 2 is 1.71 bits per heavy atom. The van der Waals surface area contributed by atoms with E-state index in [0.29, 0.717) is 11.5 Å². The third-order valence-corrected chi connectivity index (χ3v) is 2.76. The molecule has 1 aromatic carbocycles. The molecule has 0 bridgehead atoms. The van der Waals surface area contributed by atoms with Crippen molar-refractivity contribution >= 4 is 52.5 Å². The number of carbonyl (C=O) groups is 1. The number of nitrogens with zero attached hydrogens (tertiary/aromatic N) is 3. The summed E-state index contributed by atoms with van der Waals surface area (Å²) in [6.45, 7) is 1.60. The van der Waals surface area contributed by atoms with E-state index < -0.39 is 9.82 Å². The number of halogens is 3. The summed E-state index contributed by atoms with van der Waals surface area (Å²) in [4.78, 5) is 23.6. The molecule has 0 atom stereocenters. The second kappa shape index (κ2) is 6.43. The Kier molecular flexibility index (Phi) is 4.82. The largest absolute Gasteiger partial charge is 0.326 e. The van der Waals surface area contributed by atoms with E-state index in [1.165, 1.54) is 0 Å². The number of urea groups is 1. The number of anilines is 2. The van der Waals surface area contributed by atoms with Crippen molar-refractivity contribution in [3.8, 4) is 0 Å². The number of hydrogen-bond acceptors (Lipinski definition) is 4. The molecule has 0 aliphatic heterocycles. The molecule has 9 heteroatoms. The minimum Gasteiger partial charge on any atom is -0.308 e. The second-order valence-electron chi connectivity index (χ2n) is 3.97. The summed E-state index contributed by atoms with van der Waals surface area (Å²) < 4.78 is -1.79. The fourth-order valence-electron chi connectivity index (χ4n) is 1.45. The lowest BCUT2D eigenvalue weighted by atomic mass is 10.3. The van der Waals surface area contributed by atoms with Gasteiger partial charge < -0.3 is 5.32 Å². The molecule has 2 aromatic rings. The number of aryl methyl sites for hydroxylation is 1. The molecule has 0 spiro atoms. The number of para-hydroxylation sites is 1. The lowest BCUT2D eigenvalue weighted by molar-refractivity contribution is 0.262. The van der Waals surface area contributed by atoms with Crippen LogP contribution in [0.4, 0.5) is 16.4 Å². The van der Waals surface area contributed by atoms with E-state index >= 15 is 0 Å². The van der Waals surface area contributed by atoms with Crippen LogP contribution in [0, 0.1) is 6.92 Å². The van der Waals surface area contributed by atoms with Gasteiger partial charge in [0.25, 0.3) is 0 Å². The van der Waals surface area contributed by atoms with Crippen molar-refractivity contribution < 1.29 is 4.79 Å². The zero-order chi connectivity index (χ0) is 15.5. The smallest absolute Gasteiger partial charge is 0.308 e. The molecule has 0 unspecified atom stereocenters. The average molecular weight is 347 g/mol. The van der Waals surface area contributed by atoms with Crippen molar-refractivity contribution in [2.45, 2.75) is 10.7 Å². The lowest BCUT2D eigenvalue weighted by Gasteiger charge is -2.11. The predicted octanol–water partition coefficient (Wildman–Crippen LogP) is 3.65. The Hall–Kier alpha value is -1.63. The van der Waals surface area contributed by atoms with Gasteiger partial charge in [-0.3, -0.25) is 5.32 Å². The van der Waals surface area contributed by atoms with E-state index in [9.17, 15) is 4.79 Å². The van der Waals surface area contributed by atoms with Gasteiger partial charge in [0.2, 0.25) is 9.74 Å². The van der Waals surface area contributed by atoms with E-state index in [4.69, 9.17) is 34.8 Å². The normalized spacial score (nSPS) is 11.0. The molecule has 0 radical (unpaired) electrons. The Labute approximate surface area is 135 Å². The monoisotopic (exact) mass is 345 g/mol. The molecule has 21 heavy (non-hydrogen) atoms. The lowest BCUT2D eigenvalue weighted by Crippen LogP contribution is -2.22. The first-order valence-corrected chi connectivity index (χ1v) is 6.91. The number of alkyl halides is 3. The highest BCUT2D eigenvalue weighted by atomic mass is 35.6. The van der Waals surface area contributed by atoms with Gasteiger partial charge in [-0.05, 0) is 19.1 Å². The van der Waals surface area contributed by atoms with Gasteiger partial charge in [-0.2, -0.15) is 9.97 Å². The zero-order valence-corrected chi connectivity index (χ0v) is 13.0. The van der Waals surface area contributed by atoms with Crippen LogP contribution in [0.15, 0.2) is 30.3 Å². The molecule has 110 valence electrons. The summed E-state index contributed by atoms with van der Waals surface area (Å²) in [5.74, 6) is 0.258. The molecule has 0 aliphatic rings. The van der Waals surface area contributed by atoms with E-state index in [-0.39, 0.29) is 11.8 Å². The Balaban J connectivity index is 2.12. The summed E-state index contributed by atoms with van der Waals surface area (Å²) >= 11 is 17.2. The SMILES string of the molecule is Cc1nc(NC(=O)Nc2ccccc2)nc(C(Cl)(Cl)Cl)n1. The quantitative estimate of drug-likeness (QED) is 0.813. The first-order chi connectivity index (χ1) is 9.84. The van der Waals surface area contributed by atoms with Crippen LogP contribution in [0.3, 0.4) is 0 Å². The van der Waals surface area contributed by atoms with Gasteiger partial charge in [0.05, 0.1) is 0 Å². The Morgan fingerprint density at radius 1 is 1.05 bits per heavy atom. The summed E-state index contributed by atoms with van der Waals surface area (Å²) in [6.07, 6.45) is 0. The Morgan fingerprint density at radius 3 is 2.33 bits per heavy atom. The number of nitrogens with one attached hydrogen (secondary N) is 2. The molecule has 6 nitrogen and oxygen atoms in total.